The minimum Gasteiger partial charge on any atom is -0.302 e. The summed E-state index contributed by atoms with van der Waals surface area (Å²) in [6.07, 6.45) is 2.06. The van der Waals surface area contributed by atoms with Gasteiger partial charge in [-0.1, -0.05) is 11.3 Å². The molecule has 2 aliphatic heterocycles. The van der Waals surface area contributed by atoms with Crippen LogP contribution in [0.25, 0.3) is 10.2 Å². The number of thiazole rings is 1. The van der Waals surface area contributed by atoms with E-state index >= 15 is 0 Å². The number of sulfone groups is 1. The number of fused-ring (bicyclic) bond motifs is 1. The van der Waals surface area contributed by atoms with Gasteiger partial charge in [0, 0.05) is 13.1 Å². The maximum atomic E-state index is 12.7. The molecule has 2 aromatic rings. The number of nitrogens with one attached hydrogen (secondary N) is 1. The Labute approximate surface area is 161 Å². The smallest absolute Gasteiger partial charge is 0.243 e. The second-order valence-electron chi connectivity index (χ2n) is 6.85. The summed E-state index contributed by atoms with van der Waals surface area (Å²) in [7, 11) is -6.65. The van der Waals surface area contributed by atoms with Crippen LogP contribution in [0.2, 0.25) is 0 Å². The number of carbonyl (C=O) groups is 1. The first-order valence-corrected chi connectivity index (χ1v) is 12.7. The quantitative estimate of drug-likeness (QED) is 0.787. The normalized spacial score (nSPS) is 23.0. The summed E-state index contributed by atoms with van der Waals surface area (Å²) >= 11 is 1.18. The number of benzene rings is 1. The van der Waals surface area contributed by atoms with Crippen LogP contribution >= 0.6 is 11.3 Å². The van der Waals surface area contributed by atoms with Crippen LogP contribution in [0.15, 0.2) is 23.1 Å². The molecular formula is C16H19N3O5S3. The van der Waals surface area contributed by atoms with E-state index in [1.807, 2.05) is 0 Å². The Hall–Kier alpha value is -1.56. The summed E-state index contributed by atoms with van der Waals surface area (Å²) in [6, 6.07) is 4.74. The number of hydrogen-bond donors (Lipinski definition) is 1. The average molecular weight is 430 g/mol. The molecule has 1 atom stereocenters. The van der Waals surface area contributed by atoms with Crippen molar-refractivity contribution in [1.82, 2.24) is 9.29 Å². The number of hydrogen-bond acceptors (Lipinski definition) is 7. The molecule has 0 saturated carbocycles. The third-order valence-corrected chi connectivity index (χ3v) is 9.49. The summed E-state index contributed by atoms with van der Waals surface area (Å²) in [5.74, 6) is -1.03. The molecule has 146 valence electrons. The molecule has 1 aromatic heterocycles. The fourth-order valence-electron chi connectivity index (χ4n) is 3.41. The zero-order chi connectivity index (χ0) is 19.2. The number of carbonyl (C=O) groups excluding carboxylic acids is 1. The van der Waals surface area contributed by atoms with Gasteiger partial charge in [-0.15, -0.1) is 0 Å². The second kappa shape index (κ2) is 6.80. The standard InChI is InChI=1S/C16H19N3O5S3/c20-15(11-5-8-26(21,22)10-11)18-16-17-13-4-3-12(9-14(13)25-16)27(23,24)19-6-1-2-7-19/h3-4,9,11H,1-2,5-8,10H2,(H,17,18,20)/t11-/m0/s1. The summed E-state index contributed by atoms with van der Waals surface area (Å²) in [5.41, 5.74) is 0.592. The molecule has 27 heavy (non-hydrogen) atoms. The maximum Gasteiger partial charge on any atom is 0.243 e. The van der Waals surface area contributed by atoms with Gasteiger partial charge < -0.3 is 5.32 Å². The summed E-state index contributed by atoms with van der Waals surface area (Å²) < 4.78 is 50.6. The van der Waals surface area contributed by atoms with Crippen molar-refractivity contribution >= 4 is 52.5 Å². The number of nitrogens with zero attached hydrogens (tertiary/aromatic N) is 2. The van der Waals surface area contributed by atoms with Crippen LogP contribution in [0.5, 0.6) is 0 Å². The van der Waals surface area contributed by atoms with Crippen molar-refractivity contribution in [2.75, 3.05) is 29.9 Å². The fourth-order valence-corrected chi connectivity index (χ4v) is 7.67. The van der Waals surface area contributed by atoms with Crippen molar-refractivity contribution in [3.05, 3.63) is 18.2 Å². The van der Waals surface area contributed by atoms with Crippen LogP contribution < -0.4 is 5.32 Å². The molecule has 11 heteroatoms. The second-order valence-corrected chi connectivity index (χ2v) is 12.0. The number of sulfonamides is 1. The Morgan fingerprint density at radius 1 is 1.26 bits per heavy atom. The van der Waals surface area contributed by atoms with Gasteiger partial charge in [-0.2, -0.15) is 4.31 Å². The molecule has 4 rings (SSSR count). The van der Waals surface area contributed by atoms with Gasteiger partial charge in [-0.25, -0.2) is 21.8 Å². The topological polar surface area (TPSA) is 114 Å². The van der Waals surface area contributed by atoms with Crippen molar-refractivity contribution in [1.29, 1.82) is 0 Å². The predicted octanol–water partition coefficient (Wildman–Crippen LogP) is 1.45. The van der Waals surface area contributed by atoms with Crippen molar-refractivity contribution in [2.24, 2.45) is 5.92 Å². The SMILES string of the molecule is O=C(Nc1nc2ccc(S(=O)(=O)N3CCCC3)cc2s1)[C@H]1CCS(=O)(=O)C1. The molecule has 0 radical (unpaired) electrons. The van der Waals surface area contributed by atoms with Crippen molar-refractivity contribution in [2.45, 2.75) is 24.2 Å². The van der Waals surface area contributed by atoms with Crippen LogP contribution in [0, 0.1) is 5.92 Å². The number of rotatable bonds is 4. The van der Waals surface area contributed by atoms with E-state index in [-0.39, 0.29) is 22.3 Å². The lowest BCUT2D eigenvalue weighted by Gasteiger charge is -2.15. The fraction of sp³-hybridized carbons (Fsp3) is 0.500. The molecule has 1 N–H and O–H groups in total. The van der Waals surface area contributed by atoms with E-state index in [1.165, 1.54) is 21.7 Å². The number of aromatic nitrogens is 1. The first-order valence-electron chi connectivity index (χ1n) is 8.67. The van der Waals surface area contributed by atoms with Gasteiger partial charge in [0.15, 0.2) is 15.0 Å². The van der Waals surface area contributed by atoms with E-state index < -0.39 is 25.8 Å². The highest BCUT2D eigenvalue weighted by Gasteiger charge is 2.33. The predicted molar refractivity (Wildman–Crippen MR) is 103 cm³/mol. The van der Waals surface area contributed by atoms with Crippen molar-refractivity contribution in [3.8, 4) is 0 Å². The van der Waals surface area contributed by atoms with Crippen LogP contribution in [0.3, 0.4) is 0 Å². The molecule has 0 spiro atoms. The van der Waals surface area contributed by atoms with E-state index in [1.54, 1.807) is 12.1 Å². The zero-order valence-electron chi connectivity index (χ0n) is 14.4. The van der Waals surface area contributed by atoms with Crippen LogP contribution in [0.4, 0.5) is 5.13 Å². The zero-order valence-corrected chi connectivity index (χ0v) is 16.9. The third kappa shape index (κ3) is 3.73. The average Bonchev–Trinajstić information content (AvgIpc) is 3.32. The Morgan fingerprint density at radius 2 is 2.00 bits per heavy atom. The van der Waals surface area contributed by atoms with Gasteiger partial charge in [-0.05, 0) is 37.5 Å². The van der Waals surface area contributed by atoms with Gasteiger partial charge in [0.1, 0.15) is 0 Å². The van der Waals surface area contributed by atoms with E-state index in [0.29, 0.717) is 34.9 Å². The highest BCUT2D eigenvalue weighted by molar-refractivity contribution is 7.91. The van der Waals surface area contributed by atoms with Gasteiger partial charge >= 0.3 is 0 Å². The molecule has 1 amide bonds. The number of amides is 1. The van der Waals surface area contributed by atoms with Gasteiger partial charge in [0.2, 0.25) is 15.9 Å². The van der Waals surface area contributed by atoms with Gasteiger partial charge in [0.05, 0.1) is 32.5 Å². The lowest BCUT2D eigenvalue weighted by molar-refractivity contribution is -0.119. The largest absolute Gasteiger partial charge is 0.302 e. The first kappa shape index (κ1) is 18.8. The minimum absolute atomic E-state index is 0.0304. The molecule has 2 saturated heterocycles. The lowest BCUT2D eigenvalue weighted by Crippen LogP contribution is -2.27. The molecule has 0 unspecified atom stereocenters. The molecule has 3 heterocycles. The van der Waals surface area contributed by atoms with Gasteiger partial charge in [-0.3, -0.25) is 4.79 Å². The molecule has 0 bridgehead atoms. The van der Waals surface area contributed by atoms with Crippen molar-refractivity contribution < 1.29 is 21.6 Å². The summed E-state index contributed by atoms with van der Waals surface area (Å²) in [4.78, 5) is 16.8. The molecule has 2 fully saturated rings. The molecule has 0 aliphatic carbocycles. The minimum atomic E-state index is -3.51. The Kier molecular flexibility index (Phi) is 4.73. The lowest BCUT2D eigenvalue weighted by atomic mass is 10.1. The van der Waals surface area contributed by atoms with Crippen LogP contribution in [0.1, 0.15) is 19.3 Å². The van der Waals surface area contributed by atoms with E-state index in [2.05, 4.69) is 10.3 Å². The molecule has 1 aromatic carbocycles. The van der Waals surface area contributed by atoms with E-state index in [9.17, 15) is 21.6 Å². The Morgan fingerprint density at radius 3 is 2.67 bits per heavy atom. The first-order chi connectivity index (χ1) is 12.7. The highest BCUT2D eigenvalue weighted by Crippen LogP contribution is 2.31. The highest BCUT2D eigenvalue weighted by atomic mass is 32.2. The number of anilines is 1. The van der Waals surface area contributed by atoms with E-state index in [4.69, 9.17) is 0 Å². The Bertz CT molecular complexity index is 1100. The van der Waals surface area contributed by atoms with Crippen molar-refractivity contribution in [3.63, 3.8) is 0 Å². The molecule has 2 aliphatic rings. The summed E-state index contributed by atoms with van der Waals surface area (Å²) in [6.45, 7) is 1.07. The maximum absolute atomic E-state index is 12.7. The third-order valence-electron chi connectivity index (χ3n) is 4.90. The van der Waals surface area contributed by atoms with E-state index in [0.717, 1.165) is 12.8 Å². The monoisotopic (exact) mass is 429 g/mol. The van der Waals surface area contributed by atoms with Gasteiger partial charge in [0.25, 0.3) is 0 Å². The molecule has 8 nitrogen and oxygen atoms in total. The molecular weight excluding hydrogens is 410 g/mol. The Balaban J connectivity index is 1.55. The summed E-state index contributed by atoms with van der Waals surface area (Å²) in [5, 5.41) is 3.01. The van der Waals surface area contributed by atoms with Crippen LogP contribution in [-0.4, -0.2) is 56.6 Å². The van der Waals surface area contributed by atoms with Crippen LogP contribution in [-0.2, 0) is 24.7 Å².